The Bertz CT molecular complexity index is 588. The molecule has 0 aromatic heterocycles. The molecule has 1 amide bonds. The average Bonchev–Trinajstić information content (AvgIpc) is 3.06. The predicted molar refractivity (Wildman–Crippen MR) is 119 cm³/mol. The fourth-order valence-electron chi connectivity index (χ4n) is 4.87. The van der Waals surface area contributed by atoms with E-state index in [0.29, 0.717) is 12.5 Å². The molecule has 0 spiro atoms. The standard InChI is InChI=1S/C22H41N5O4/c1-18(2)26-14-10-24(11-15-26)8-5-6-19-21(31-22(29)23(19)3)27-16-12-25(13-17-27)9-7-20(28)30-4/h18-19,21H,5-17H2,1-4H3. The van der Waals surface area contributed by atoms with Crippen LogP contribution < -0.4 is 0 Å². The lowest BCUT2D eigenvalue weighted by molar-refractivity contribution is -0.141. The first-order valence-electron chi connectivity index (χ1n) is 11.8. The van der Waals surface area contributed by atoms with Gasteiger partial charge in [0.05, 0.1) is 19.6 Å². The molecule has 3 saturated heterocycles. The quantitative estimate of drug-likeness (QED) is 0.488. The SMILES string of the molecule is COC(=O)CCN1CCN(C2OC(=O)N(C)C2CCCN2CCN(C(C)C)CC2)CC1. The van der Waals surface area contributed by atoms with Crippen molar-refractivity contribution in [2.24, 2.45) is 0 Å². The number of ether oxygens (including phenoxy) is 2. The molecule has 3 aliphatic heterocycles. The van der Waals surface area contributed by atoms with Crippen LogP contribution in [0.15, 0.2) is 0 Å². The van der Waals surface area contributed by atoms with Crippen LogP contribution in [-0.4, -0.2) is 134 Å². The van der Waals surface area contributed by atoms with Crippen molar-refractivity contribution < 1.29 is 19.1 Å². The van der Waals surface area contributed by atoms with Gasteiger partial charge < -0.3 is 24.2 Å². The number of cyclic esters (lactones) is 1. The second-order valence-electron chi connectivity index (χ2n) is 9.27. The number of esters is 1. The number of amides is 1. The summed E-state index contributed by atoms with van der Waals surface area (Å²) in [4.78, 5) is 35.1. The molecule has 3 aliphatic rings. The molecule has 0 N–H and O–H groups in total. The molecule has 9 nitrogen and oxygen atoms in total. The fourth-order valence-corrected chi connectivity index (χ4v) is 4.87. The van der Waals surface area contributed by atoms with E-state index in [4.69, 9.17) is 9.47 Å². The first kappa shape index (κ1) is 24.2. The zero-order chi connectivity index (χ0) is 22.4. The summed E-state index contributed by atoms with van der Waals surface area (Å²) in [5, 5.41) is 0. The molecular formula is C22H41N5O4. The molecule has 31 heavy (non-hydrogen) atoms. The van der Waals surface area contributed by atoms with Crippen LogP contribution in [0.4, 0.5) is 4.79 Å². The van der Waals surface area contributed by atoms with E-state index in [9.17, 15) is 9.59 Å². The highest BCUT2D eigenvalue weighted by Crippen LogP contribution is 2.26. The minimum Gasteiger partial charge on any atom is -0.469 e. The van der Waals surface area contributed by atoms with Gasteiger partial charge in [0.15, 0.2) is 6.23 Å². The smallest absolute Gasteiger partial charge is 0.411 e. The van der Waals surface area contributed by atoms with Crippen molar-refractivity contribution in [2.45, 2.75) is 51.4 Å². The molecule has 178 valence electrons. The van der Waals surface area contributed by atoms with Crippen molar-refractivity contribution in [3.8, 4) is 0 Å². The lowest BCUT2D eigenvalue weighted by Crippen LogP contribution is -2.54. The number of piperazine rings is 2. The number of hydrogen-bond acceptors (Lipinski definition) is 8. The van der Waals surface area contributed by atoms with Crippen molar-refractivity contribution in [3.63, 3.8) is 0 Å². The molecule has 0 aliphatic carbocycles. The average molecular weight is 440 g/mol. The lowest BCUT2D eigenvalue weighted by Gasteiger charge is -2.39. The lowest BCUT2D eigenvalue weighted by atomic mass is 10.1. The highest BCUT2D eigenvalue weighted by molar-refractivity contribution is 5.70. The summed E-state index contributed by atoms with van der Waals surface area (Å²) in [6.07, 6.45) is 2.07. The van der Waals surface area contributed by atoms with Gasteiger partial charge in [-0.25, -0.2) is 4.79 Å². The monoisotopic (exact) mass is 439 g/mol. The van der Waals surface area contributed by atoms with Gasteiger partial charge in [-0.05, 0) is 33.2 Å². The van der Waals surface area contributed by atoms with Gasteiger partial charge in [-0.15, -0.1) is 0 Å². The van der Waals surface area contributed by atoms with Crippen molar-refractivity contribution in [2.75, 3.05) is 79.6 Å². The van der Waals surface area contributed by atoms with E-state index < -0.39 is 0 Å². The number of hydrogen-bond donors (Lipinski definition) is 0. The van der Waals surface area contributed by atoms with Crippen LogP contribution >= 0.6 is 0 Å². The number of carbonyl (C=O) groups excluding carboxylic acids is 2. The molecule has 0 radical (unpaired) electrons. The molecule has 2 unspecified atom stereocenters. The molecule has 3 rings (SSSR count). The van der Waals surface area contributed by atoms with Crippen LogP contribution in [0.3, 0.4) is 0 Å². The van der Waals surface area contributed by atoms with E-state index in [0.717, 1.165) is 78.3 Å². The third-order valence-electron chi connectivity index (χ3n) is 7.07. The highest BCUT2D eigenvalue weighted by Gasteiger charge is 2.43. The summed E-state index contributed by atoms with van der Waals surface area (Å²) >= 11 is 0. The van der Waals surface area contributed by atoms with E-state index in [1.165, 1.54) is 7.11 Å². The van der Waals surface area contributed by atoms with E-state index in [1.54, 1.807) is 4.90 Å². The first-order valence-corrected chi connectivity index (χ1v) is 11.8. The van der Waals surface area contributed by atoms with Crippen molar-refractivity contribution >= 4 is 12.1 Å². The summed E-state index contributed by atoms with van der Waals surface area (Å²) in [5.41, 5.74) is 0. The molecule has 0 aromatic carbocycles. The van der Waals surface area contributed by atoms with E-state index in [1.807, 2.05) is 7.05 Å². The maximum Gasteiger partial charge on any atom is 0.411 e. The van der Waals surface area contributed by atoms with Crippen LogP contribution in [0, 0.1) is 0 Å². The Morgan fingerprint density at radius 1 is 1.03 bits per heavy atom. The van der Waals surface area contributed by atoms with Gasteiger partial charge in [-0.3, -0.25) is 14.6 Å². The number of carbonyl (C=O) groups is 2. The summed E-state index contributed by atoms with van der Waals surface area (Å²) in [6.45, 7) is 14.3. The van der Waals surface area contributed by atoms with Crippen LogP contribution in [-0.2, 0) is 14.3 Å². The van der Waals surface area contributed by atoms with Gasteiger partial charge in [0, 0.05) is 72.0 Å². The van der Waals surface area contributed by atoms with Crippen LogP contribution in [0.2, 0.25) is 0 Å². The zero-order valence-corrected chi connectivity index (χ0v) is 19.8. The Labute approximate surface area is 187 Å². The summed E-state index contributed by atoms with van der Waals surface area (Å²) in [7, 11) is 3.29. The van der Waals surface area contributed by atoms with E-state index in [-0.39, 0.29) is 24.3 Å². The maximum absolute atomic E-state index is 12.3. The second kappa shape index (κ2) is 11.4. The Kier molecular flexibility index (Phi) is 8.95. The van der Waals surface area contributed by atoms with E-state index >= 15 is 0 Å². The van der Waals surface area contributed by atoms with E-state index in [2.05, 4.69) is 33.4 Å². The third-order valence-corrected chi connectivity index (χ3v) is 7.07. The van der Waals surface area contributed by atoms with Gasteiger partial charge in [-0.1, -0.05) is 0 Å². The largest absolute Gasteiger partial charge is 0.469 e. The Morgan fingerprint density at radius 2 is 1.65 bits per heavy atom. The zero-order valence-electron chi connectivity index (χ0n) is 19.8. The number of rotatable bonds is 9. The predicted octanol–water partition coefficient (Wildman–Crippen LogP) is 0.750. The van der Waals surface area contributed by atoms with Gasteiger partial charge in [0.25, 0.3) is 0 Å². The number of likely N-dealkylation sites (N-methyl/N-ethyl adjacent to an activating group) is 1. The third kappa shape index (κ3) is 6.54. The summed E-state index contributed by atoms with van der Waals surface area (Å²) in [6, 6.07) is 0.727. The highest BCUT2D eigenvalue weighted by atomic mass is 16.6. The minimum atomic E-state index is -0.214. The van der Waals surface area contributed by atoms with Gasteiger partial charge in [-0.2, -0.15) is 0 Å². The molecule has 3 heterocycles. The maximum atomic E-state index is 12.3. The molecule has 2 atom stereocenters. The molecule has 9 heteroatoms. The van der Waals surface area contributed by atoms with Crippen LogP contribution in [0.25, 0.3) is 0 Å². The normalized spacial score (nSPS) is 27.1. The summed E-state index contributed by atoms with van der Waals surface area (Å²) in [5.74, 6) is -0.167. The molecule has 0 bridgehead atoms. The van der Waals surface area contributed by atoms with Gasteiger partial charge in [0.2, 0.25) is 0 Å². The molecular weight excluding hydrogens is 398 g/mol. The van der Waals surface area contributed by atoms with Gasteiger partial charge in [0.1, 0.15) is 0 Å². The van der Waals surface area contributed by atoms with Crippen molar-refractivity contribution in [1.29, 1.82) is 0 Å². The topological polar surface area (TPSA) is 68.8 Å². The molecule has 0 saturated carbocycles. The fraction of sp³-hybridized carbons (Fsp3) is 0.909. The summed E-state index contributed by atoms with van der Waals surface area (Å²) < 4.78 is 10.5. The molecule has 0 aromatic rings. The number of nitrogens with zero attached hydrogens (tertiary/aromatic N) is 5. The first-order chi connectivity index (χ1) is 14.9. The van der Waals surface area contributed by atoms with Crippen LogP contribution in [0.5, 0.6) is 0 Å². The van der Waals surface area contributed by atoms with Crippen molar-refractivity contribution in [1.82, 2.24) is 24.5 Å². The Balaban J connectivity index is 1.42. The Morgan fingerprint density at radius 3 is 2.26 bits per heavy atom. The second-order valence-corrected chi connectivity index (χ2v) is 9.27. The van der Waals surface area contributed by atoms with Crippen molar-refractivity contribution in [3.05, 3.63) is 0 Å². The Hall–Kier alpha value is -1.42. The number of methoxy groups -OCH3 is 1. The van der Waals surface area contributed by atoms with Gasteiger partial charge >= 0.3 is 12.1 Å². The molecule has 3 fully saturated rings. The van der Waals surface area contributed by atoms with Crippen LogP contribution in [0.1, 0.15) is 33.1 Å². The minimum absolute atomic E-state index is 0.103.